The normalized spacial score (nSPS) is 11.3. The molecule has 2 heterocycles. The van der Waals surface area contributed by atoms with E-state index in [1.165, 1.54) is 12.1 Å². The third-order valence-electron chi connectivity index (χ3n) is 14.1. The first-order chi connectivity index (χ1) is 37.1. The van der Waals surface area contributed by atoms with Crippen LogP contribution in [0.3, 0.4) is 0 Å². The van der Waals surface area contributed by atoms with Gasteiger partial charge in [-0.3, -0.25) is 0 Å². The molecule has 0 saturated carbocycles. The van der Waals surface area contributed by atoms with Crippen molar-refractivity contribution in [3.8, 4) is 79.1 Å². The van der Waals surface area contributed by atoms with Crippen LogP contribution in [0.1, 0.15) is 16.7 Å². The zero-order chi connectivity index (χ0) is 52.2. The fraction of sp³-hybridized carbons (Fsp3) is 0.0152. The van der Waals surface area contributed by atoms with Crippen LogP contribution in [0.25, 0.3) is 125 Å². The Labute approximate surface area is 434 Å². The van der Waals surface area contributed by atoms with E-state index >= 15 is 13.2 Å². The van der Waals surface area contributed by atoms with Crippen LogP contribution in [0.2, 0.25) is 0 Å². The maximum absolute atomic E-state index is 16.3. The van der Waals surface area contributed by atoms with Gasteiger partial charge in [0, 0.05) is 21.5 Å². The van der Waals surface area contributed by atoms with Crippen molar-refractivity contribution in [3.63, 3.8) is 0 Å². The molecule has 0 bridgehead atoms. The highest BCUT2D eigenvalue weighted by Crippen LogP contribution is 2.48. The summed E-state index contributed by atoms with van der Waals surface area (Å²) in [7, 11) is 0. The Kier molecular flexibility index (Phi) is 11.1. The van der Waals surface area contributed by atoms with Crippen LogP contribution in [0.5, 0.6) is 0 Å². The van der Waals surface area contributed by atoms with Crippen LogP contribution in [0, 0.1) is 42.4 Å². The van der Waals surface area contributed by atoms with Crippen molar-refractivity contribution in [3.05, 3.63) is 257 Å². The van der Waals surface area contributed by atoms with E-state index in [2.05, 4.69) is 26.7 Å². The zero-order valence-electron chi connectivity index (χ0n) is 39.9. The van der Waals surface area contributed by atoms with Gasteiger partial charge in [0.2, 0.25) is 0 Å². The molecule has 10 aromatic carbocycles. The molecule has 7 nitrogen and oxygen atoms in total. The first kappa shape index (κ1) is 46.1. The highest BCUT2D eigenvalue weighted by atomic mass is 19.4. The molecule has 0 spiro atoms. The van der Waals surface area contributed by atoms with Gasteiger partial charge < -0.3 is 9.13 Å². The van der Waals surface area contributed by atoms with Gasteiger partial charge in [-0.25, -0.2) is 14.5 Å². The number of halogens is 3. The van der Waals surface area contributed by atoms with Crippen molar-refractivity contribution in [1.82, 2.24) is 9.13 Å². The second-order valence-corrected chi connectivity index (χ2v) is 18.2. The van der Waals surface area contributed by atoms with Crippen LogP contribution in [0.15, 0.2) is 206 Å². The van der Waals surface area contributed by atoms with Crippen molar-refractivity contribution >= 4 is 60.7 Å². The fourth-order valence-corrected chi connectivity index (χ4v) is 10.7. The molecule has 2 aromatic heterocycles. The maximum atomic E-state index is 16.3. The van der Waals surface area contributed by atoms with Gasteiger partial charge in [0.05, 0.1) is 82.0 Å². The second-order valence-electron chi connectivity index (χ2n) is 18.2. The standard InChI is InChI=1S/C66H34F3N7/c1-72-57-20-9-6-17-48(57)43-24-28-52-51-27-23-42(47-16-5-4-14-46(47)39-71)32-60(51)75(61(52)33-43)64-36-55(41-15-12-13-40(31-41)38-70)56(66(67,68)69)37-65(64)76-62-34-44(49-18-7-10-21-58(49)73-2)25-29-53(62)54-30-26-45(35-63(54)76)50-19-8-11-22-59(50)74-3/h4-37H. The minimum atomic E-state index is -4.92. The number of hydrogen-bond acceptors (Lipinski definition) is 2. The first-order valence-electron chi connectivity index (χ1n) is 23.9. The van der Waals surface area contributed by atoms with E-state index in [9.17, 15) is 10.5 Å². The lowest BCUT2D eigenvalue weighted by molar-refractivity contribution is -0.137. The predicted octanol–water partition coefficient (Wildman–Crippen LogP) is 18.6. The third-order valence-corrected chi connectivity index (χ3v) is 14.1. The number of hydrogen-bond donors (Lipinski definition) is 0. The zero-order valence-corrected chi connectivity index (χ0v) is 39.9. The van der Waals surface area contributed by atoms with Crippen LogP contribution in [-0.2, 0) is 6.18 Å². The Bertz CT molecular complexity index is 4420. The molecule has 12 aromatic rings. The molecule has 354 valence electrons. The molecule has 0 atom stereocenters. The van der Waals surface area contributed by atoms with Gasteiger partial charge in [0.25, 0.3) is 0 Å². The number of nitriles is 2. The smallest absolute Gasteiger partial charge is 0.307 e. The van der Waals surface area contributed by atoms with E-state index in [1.807, 2.05) is 130 Å². The molecule has 0 aliphatic heterocycles. The number of fused-ring (bicyclic) bond motifs is 6. The van der Waals surface area contributed by atoms with Crippen LogP contribution in [-0.4, -0.2) is 9.13 Å². The molecule has 0 aliphatic carbocycles. The summed E-state index contributed by atoms with van der Waals surface area (Å²) in [6, 6.07) is 65.5. The van der Waals surface area contributed by atoms with Crippen molar-refractivity contribution < 1.29 is 13.2 Å². The number of para-hydroxylation sites is 3. The van der Waals surface area contributed by atoms with Gasteiger partial charge in [-0.15, -0.1) is 0 Å². The lowest BCUT2D eigenvalue weighted by atomic mass is 9.95. The summed E-state index contributed by atoms with van der Waals surface area (Å²) in [5.74, 6) is 0. The van der Waals surface area contributed by atoms with Crippen molar-refractivity contribution in [2.75, 3.05) is 0 Å². The molecule has 76 heavy (non-hydrogen) atoms. The molecule has 0 saturated heterocycles. The number of alkyl halides is 3. The maximum Gasteiger partial charge on any atom is 0.417 e. The van der Waals surface area contributed by atoms with E-state index in [1.54, 1.807) is 72.8 Å². The lowest BCUT2D eigenvalue weighted by Crippen LogP contribution is -2.12. The molecule has 0 aliphatic rings. The van der Waals surface area contributed by atoms with Gasteiger partial charge in [0.1, 0.15) is 0 Å². The molecule has 10 heteroatoms. The summed E-state index contributed by atoms with van der Waals surface area (Å²) in [6.45, 7) is 24.2. The molecule has 0 amide bonds. The monoisotopic (exact) mass is 981 g/mol. The van der Waals surface area contributed by atoms with Gasteiger partial charge >= 0.3 is 6.18 Å². The summed E-state index contributed by atoms with van der Waals surface area (Å²) in [5, 5.41) is 23.4. The minimum absolute atomic E-state index is 0.146. The number of aromatic nitrogens is 2. The number of benzene rings is 10. The quantitative estimate of drug-likeness (QED) is 0.149. The van der Waals surface area contributed by atoms with Gasteiger partial charge in [-0.1, -0.05) is 152 Å². The highest BCUT2D eigenvalue weighted by molar-refractivity contribution is 6.14. The Morgan fingerprint density at radius 3 is 1.16 bits per heavy atom. The van der Waals surface area contributed by atoms with E-state index < -0.39 is 11.7 Å². The Morgan fingerprint density at radius 1 is 0.368 bits per heavy atom. The van der Waals surface area contributed by atoms with Crippen LogP contribution < -0.4 is 0 Å². The van der Waals surface area contributed by atoms with E-state index in [4.69, 9.17) is 19.7 Å². The highest BCUT2D eigenvalue weighted by Gasteiger charge is 2.36. The Morgan fingerprint density at radius 2 is 0.750 bits per heavy atom. The third kappa shape index (κ3) is 7.57. The predicted molar refractivity (Wildman–Crippen MR) is 296 cm³/mol. The molecular formula is C66H34F3N7. The SMILES string of the molecule is [C-]#[N+]c1ccccc1-c1ccc2c3ccc(-c4ccccc4C#N)cc3n(-c3cc(-c4cccc(C#N)c4)c(C(F)(F)F)cc3-n3c4cc(-c5ccccc5[N+]#[C-])ccc4c4ccc(-c5ccccc5[N+]#[C-])cc43)c2c1. The molecule has 0 N–H and O–H groups in total. The van der Waals surface area contributed by atoms with Crippen molar-refractivity contribution in [2.24, 2.45) is 0 Å². The summed E-state index contributed by atoms with van der Waals surface area (Å²) in [6.07, 6.45) is -4.92. The second kappa shape index (κ2) is 18.3. The molecule has 0 unspecified atom stereocenters. The Hall–Kier alpha value is -11.0. The molecule has 12 rings (SSSR count). The number of nitrogens with zero attached hydrogens (tertiary/aromatic N) is 7. The van der Waals surface area contributed by atoms with E-state index in [0.29, 0.717) is 94.9 Å². The van der Waals surface area contributed by atoms with E-state index in [0.717, 1.165) is 21.5 Å². The Balaban J connectivity index is 1.30. The molecular weight excluding hydrogens is 948 g/mol. The molecule has 0 radical (unpaired) electrons. The topological polar surface area (TPSA) is 70.5 Å². The van der Waals surface area contributed by atoms with Gasteiger partial charge in [-0.2, -0.15) is 23.7 Å². The van der Waals surface area contributed by atoms with E-state index in [-0.39, 0.29) is 22.4 Å². The minimum Gasteiger partial charge on any atom is -0.307 e. The average molecular weight is 982 g/mol. The van der Waals surface area contributed by atoms with Crippen molar-refractivity contribution in [2.45, 2.75) is 6.18 Å². The van der Waals surface area contributed by atoms with Crippen LogP contribution >= 0.6 is 0 Å². The van der Waals surface area contributed by atoms with Crippen LogP contribution in [0.4, 0.5) is 30.2 Å². The number of rotatable bonds is 7. The molecule has 0 fully saturated rings. The summed E-state index contributed by atoms with van der Waals surface area (Å²) < 4.78 is 52.8. The summed E-state index contributed by atoms with van der Waals surface area (Å²) in [4.78, 5) is 11.5. The summed E-state index contributed by atoms with van der Waals surface area (Å²) >= 11 is 0. The summed E-state index contributed by atoms with van der Waals surface area (Å²) in [5.41, 5.74) is 9.10. The van der Waals surface area contributed by atoms with Crippen molar-refractivity contribution in [1.29, 1.82) is 10.5 Å². The fourth-order valence-electron chi connectivity index (χ4n) is 10.7. The van der Waals surface area contributed by atoms with Gasteiger partial charge in [0.15, 0.2) is 17.1 Å². The lowest BCUT2D eigenvalue weighted by Gasteiger charge is -2.23. The average Bonchev–Trinajstić information content (AvgIpc) is 4.06. The first-order valence-corrected chi connectivity index (χ1v) is 23.9. The largest absolute Gasteiger partial charge is 0.417 e. The van der Waals surface area contributed by atoms with Gasteiger partial charge in [-0.05, 0) is 110 Å².